The van der Waals surface area contributed by atoms with E-state index in [1.807, 2.05) is 43.3 Å². The summed E-state index contributed by atoms with van der Waals surface area (Å²) >= 11 is 0. The van der Waals surface area contributed by atoms with Crippen LogP contribution < -0.4 is 4.90 Å². The van der Waals surface area contributed by atoms with Crippen LogP contribution in [0.5, 0.6) is 0 Å². The maximum atomic E-state index is 13.0. The van der Waals surface area contributed by atoms with Gasteiger partial charge in [0.05, 0.1) is 19.8 Å². The topological polar surface area (TPSA) is 174 Å². The predicted octanol–water partition coefficient (Wildman–Crippen LogP) is -0.132. The van der Waals surface area contributed by atoms with E-state index in [1.54, 1.807) is 6.08 Å². The first-order valence-corrected chi connectivity index (χ1v) is 11.8. The minimum Gasteiger partial charge on any atom is -0.479 e. The predicted molar refractivity (Wildman–Crippen MR) is 132 cm³/mol. The lowest BCUT2D eigenvalue weighted by Crippen LogP contribution is -2.42. The first-order valence-electron chi connectivity index (χ1n) is 11.8. The number of benzene rings is 1. The molecule has 4 N–H and O–H groups in total. The van der Waals surface area contributed by atoms with Gasteiger partial charge in [0, 0.05) is 39.3 Å². The van der Waals surface area contributed by atoms with Crippen molar-refractivity contribution in [3.63, 3.8) is 0 Å². The lowest BCUT2D eigenvalue weighted by molar-refractivity contribution is -0.165. The zero-order valence-electron chi connectivity index (χ0n) is 20.9. The van der Waals surface area contributed by atoms with Gasteiger partial charge in [-0.25, -0.2) is 9.59 Å². The number of rotatable bonds is 10. The molecule has 12 nitrogen and oxygen atoms in total. The fourth-order valence-corrected chi connectivity index (χ4v) is 3.79. The average molecular weight is 523 g/mol. The number of nitrogens with zero attached hydrogens (tertiary/aromatic N) is 2. The number of carboxylic acids is 2. The normalized spacial score (nSPS) is 21.5. The number of carbonyl (C=O) groups is 4. The molecule has 12 heteroatoms. The molecule has 0 aliphatic carbocycles. The number of hydrogen-bond donors (Lipinski definition) is 4. The van der Waals surface area contributed by atoms with Crippen LogP contribution in [-0.2, 0) is 28.7 Å². The number of aliphatic carboxylic acids is 2. The number of aliphatic hydroxyl groups is 2. The standard InChI is InChI=1S/C21H28N2O4.C4H6O6/c1-22(2)18-6-3-17(4-7-18)5-8-19(24)21(10-14-27-20(21)25)9-11-23-12-15-26-16-13-23;5-1(3(7)8)2(6)4(9)10/h3-8H,9-16H2,1-2H3;1-2,5-6H,(H,7,8)(H,9,10)/b8-5+;. The second kappa shape index (κ2) is 13.8. The van der Waals surface area contributed by atoms with Gasteiger partial charge in [0.15, 0.2) is 18.0 Å². The summed E-state index contributed by atoms with van der Waals surface area (Å²) < 4.78 is 10.5. The minimum atomic E-state index is -2.27. The largest absolute Gasteiger partial charge is 0.479 e. The molecule has 0 aromatic heterocycles. The molecule has 3 unspecified atom stereocenters. The highest BCUT2D eigenvalue weighted by molar-refractivity contribution is 6.11. The van der Waals surface area contributed by atoms with Crippen LogP contribution >= 0.6 is 0 Å². The highest BCUT2D eigenvalue weighted by Gasteiger charge is 2.49. The van der Waals surface area contributed by atoms with Gasteiger partial charge in [0.25, 0.3) is 0 Å². The number of cyclic esters (lactones) is 1. The van der Waals surface area contributed by atoms with E-state index in [-0.39, 0.29) is 11.8 Å². The minimum absolute atomic E-state index is 0.157. The monoisotopic (exact) mass is 522 g/mol. The van der Waals surface area contributed by atoms with Crippen LogP contribution in [0.2, 0.25) is 0 Å². The second-order valence-electron chi connectivity index (χ2n) is 8.92. The molecule has 37 heavy (non-hydrogen) atoms. The van der Waals surface area contributed by atoms with Crippen molar-refractivity contribution < 1.29 is 49.1 Å². The molecule has 0 radical (unpaired) electrons. The fourth-order valence-electron chi connectivity index (χ4n) is 3.79. The van der Waals surface area contributed by atoms with E-state index in [9.17, 15) is 19.2 Å². The van der Waals surface area contributed by atoms with Crippen molar-refractivity contribution in [2.45, 2.75) is 25.0 Å². The van der Waals surface area contributed by atoms with E-state index in [1.165, 1.54) is 6.08 Å². The summed E-state index contributed by atoms with van der Waals surface area (Å²) in [6, 6.07) is 7.93. The van der Waals surface area contributed by atoms with Gasteiger partial charge >= 0.3 is 17.9 Å². The maximum Gasteiger partial charge on any atom is 0.335 e. The highest BCUT2D eigenvalue weighted by atomic mass is 16.5. The molecule has 0 amide bonds. The van der Waals surface area contributed by atoms with E-state index in [0.29, 0.717) is 39.2 Å². The summed E-state index contributed by atoms with van der Waals surface area (Å²) in [6.07, 6.45) is -0.261. The van der Waals surface area contributed by atoms with Crippen LogP contribution in [0.15, 0.2) is 30.3 Å². The molecule has 0 bridgehead atoms. The van der Waals surface area contributed by atoms with E-state index in [4.69, 9.17) is 29.9 Å². The number of ketones is 1. The van der Waals surface area contributed by atoms with Crippen LogP contribution in [0, 0.1) is 5.41 Å². The van der Waals surface area contributed by atoms with Gasteiger partial charge < -0.3 is 34.8 Å². The Hall–Kier alpha value is -3.32. The first kappa shape index (κ1) is 29.9. The van der Waals surface area contributed by atoms with Crippen LogP contribution in [-0.4, -0.2) is 115 Å². The molecular formula is C25H34N2O10. The van der Waals surface area contributed by atoms with Crippen LogP contribution in [0.4, 0.5) is 5.69 Å². The number of hydrogen-bond acceptors (Lipinski definition) is 10. The van der Waals surface area contributed by atoms with Gasteiger partial charge in [-0.2, -0.15) is 0 Å². The Morgan fingerprint density at radius 3 is 2.05 bits per heavy atom. The first-order chi connectivity index (χ1) is 17.5. The third kappa shape index (κ3) is 8.35. The molecule has 2 fully saturated rings. The van der Waals surface area contributed by atoms with E-state index in [0.717, 1.165) is 24.3 Å². The van der Waals surface area contributed by atoms with Gasteiger partial charge in [-0.05, 0) is 36.7 Å². The lowest BCUT2D eigenvalue weighted by Gasteiger charge is -2.30. The summed E-state index contributed by atoms with van der Waals surface area (Å²) in [4.78, 5) is 49.2. The van der Waals surface area contributed by atoms with Crippen LogP contribution in [0.1, 0.15) is 18.4 Å². The molecule has 0 spiro atoms. The molecule has 3 atom stereocenters. The zero-order valence-corrected chi connectivity index (χ0v) is 20.9. The van der Waals surface area contributed by atoms with Crippen LogP contribution in [0.25, 0.3) is 6.08 Å². The van der Waals surface area contributed by atoms with Gasteiger partial charge in [-0.15, -0.1) is 0 Å². The average Bonchev–Trinajstić information content (AvgIpc) is 3.27. The molecule has 3 rings (SSSR count). The van der Waals surface area contributed by atoms with Gasteiger partial charge in [-0.3, -0.25) is 14.5 Å². The van der Waals surface area contributed by atoms with Crippen molar-refractivity contribution >= 4 is 35.5 Å². The number of aliphatic hydroxyl groups excluding tert-OH is 2. The number of ether oxygens (including phenoxy) is 2. The molecule has 204 valence electrons. The zero-order chi connectivity index (χ0) is 27.6. The van der Waals surface area contributed by atoms with Crippen LogP contribution in [0.3, 0.4) is 0 Å². The third-order valence-electron chi connectivity index (χ3n) is 6.22. The van der Waals surface area contributed by atoms with E-state index in [2.05, 4.69) is 4.90 Å². The summed E-state index contributed by atoms with van der Waals surface area (Å²) in [5, 5.41) is 32.5. The van der Waals surface area contributed by atoms with E-state index >= 15 is 0 Å². The molecule has 2 heterocycles. The van der Waals surface area contributed by atoms with Gasteiger partial charge in [0.1, 0.15) is 5.41 Å². The van der Waals surface area contributed by atoms with Crippen molar-refractivity contribution in [1.29, 1.82) is 0 Å². The number of esters is 1. The van der Waals surface area contributed by atoms with Crippen molar-refractivity contribution in [3.05, 3.63) is 35.9 Å². The van der Waals surface area contributed by atoms with Gasteiger partial charge in [-0.1, -0.05) is 18.2 Å². The second-order valence-corrected chi connectivity index (χ2v) is 8.92. The molecule has 0 saturated carbocycles. The summed E-state index contributed by atoms with van der Waals surface area (Å²) in [5.41, 5.74) is 0.988. The summed E-state index contributed by atoms with van der Waals surface area (Å²) in [5.74, 6) is -4.08. The molecule has 2 saturated heterocycles. The Balaban J connectivity index is 0.000000410. The van der Waals surface area contributed by atoms with E-state index < -0.39 is 29.6 Å². The Kier molecular flexibility index (Phi) is 11.2. The number of morpholine rings is 1. The molecule has 2 aliphatic heterocycles. The Morgan fingerprint density at radius 1 is 1.03 bits per heavy atom. The maximum absolute atomic E-state index is 13.0. The number of anilines is 1. The van der Waals surface area contributed by atoms with Crippen molar-refractivity contribution in [2.75, 3.05) is 58.5 Å². The molecule has 1 aromatic carbocycles. The fraction of sp³-hybridized carbons (Fsp3) is 0.520. The Morgan fingerprint density at radius 2 is 1.59 bits per heavy atom. The smallest absolute Gasteiger partial charge is 0.335 e. The summed E-state index contributed by atoms with van der Waals surface area (Å²) in [6.45, 7) is 4.11. The van der Waals surface area contributed by atoms with Gasteiger partial charge in [0.2, 0.25) is 0 Å². The highest BCUT2D eigenvalue weighted by Crippen LogP contribution is 2.36. The quantitative estimate of drug-likeness (QED) is 0.182. The lowest BCUT2D eigenvalue weighted by atomic mass is 9.78. The number of carbonyl (C=O) groups excluding carboxylic acids is 2. The number of carboxylic acid groups (broad SMARTS) is 2. The van der Waals surface area contributed by atoms with Crippen molar-refractivity contribution in [1.82, 2.24) is 4.90 Å². The SMILES string of the molecule is CN(C)c1ccc(/C=C/C(=O)C2(CCN3CCOCC3)CCOC2=O)cc1.O=C(O)C(O)C(O)C(=O)O. The molecule has 1 aromatic rings. The Labute approximate surface area is 214 Å². The third-order valence-corrected chi connectivity index (χ3v) is 6.22. The summed E-state index contributed by atoms with van der Waals surface area (Å²) in [7, 11) is 3.97. The Bertz CT molecular complexity index is 954. The van der Waals surface area contributed by atoms with Crippen molar-refractivity contribution in [3.8, 4) is 0 Å². The molecular weight excluding hydrogens is 488 g/mol. The number of allylic oxidation sites excluding steroid dienone is 1. The molecule has 2 aliphatic rings. The van der Waals surface area contributed by atoms with Crippen molar-refractivity contribution in [2.24, 2.45) is 5.41 Å².